The van der Waals surface area contributed by atoms with Crippen LogP contribution in [0.5, 0.6) is 11.5 Å². The number of rotatable bonds is 8. The van der Waals surface area contributed by atoms with Gasteiger partial charge in [-0.05, 0) is 29.8 Å². The third-order valence-electron chi connectivity index (χ3n) is 3.15. The summed E-state index contributed by atoms with van der Waals surface area (Å²) in [6, 6.07) is 13.3. The lowest BCUT2D eigenvalue weighted by Gasteiger charge is -2.14. The van der Waals surface area contributed by atoms with E-state index in [-0.39, 0.29) is 6.61 Å². The molecule has 0 bridgehead atoms. The van der Waals surface area contributed by atoms with Gasteiger partial charge < -0.3 is 19.6 Å². The van der Waals surface area contributed by atoms with Gasteiger partial charge >= 0.3 is 5.97 Å². The van der Waals surface area contributed by atoms with Crippen LogP contribution in [-0.2, 0) is 16.1 Å². The lowest BCUT2D eigenvalue weighted by molar-refractivity contribution is -0.142. The number of nitrogens with one attached hydrogen (secondary N) is 2. The highest BCUT2D eigenvalue weighted by Crippen LogP contribution is 2.36. The van der Waals surface area contributed by atoms with Gasteiger partial charge in [-0.25, -0.2) is 10.2 Å². The molecule has 0 saturated heterocycles. The molecule has 6 nitrogen and oxygen atoms in total. The highest BCUT2D eigenvalue weighted by molar-refractivity contribution is 6.32. The minimum atomic E-state index is -0.495. The van der Waals surface area contributed by atoms with Gasteiger partial charge in [-0.15, -0.1) is 0 Å². The molecule has 0 heterocycles. The van der Waals surface area contributed by atoms with Crippen LogP contribution in [0.25, 0.3) is 0 Å². The lowest BCUT2D eigenvalue weighted by Crippen LogP contribution is -2.20. The summed E-state index contributed by atoms with van der Waals surface area (Å²) in [6.45, 7) is 0.280. The molecule has 0 saturated carbocycles. The predicted molar refractivity (Wildman–Crippen MR) is 92.4 cm³/mol. The van der Waals surface area contributed by atoms with Crippen molar-refractivity contribution in [3.63, 3.8) is 0 Å². The van der Waals surface area contributed by atoms with Crippen molar-refractivity contribution in [2.45, 2.75) is 6.54 Å². The van der Waals surface area contributed by atoms with E-state index in [0.717, 1.165) is 11.3 Å². The van der Waals surface area contributed by atoms with Crippen molar-refractivity contribution in [2.24, 2.45) is 0 Å². The molecule has 0 aromatic heterocycles. The maximum absolute atomic E-state index is 11.2. The van der Waals surface area contributed by atoms with Crippen LogP contribution in [0.4, 0.5) is 5.69 Å². The summed E-state index contributed by atoms with van der Waals surface area (Å²) in [6.07, 6.45) is 0. The fourth-order valence-electron chi connectivity index (χ4n) is 1.98. The summed E-state index contributed by atoms with van der Waals surface area (Å²) >= 11 is 6.23. The highest BCUT2D eigenvalue weighted by Gasteiger charge is 2.14. The van der Waals surface area contributed by atoms with E-state index in [4.69, 9.17) is 21.1 Å². The number of hydrazine groups is 1. The molecule has 24 heavy (non-hydrogen) atoms. The molecule has 0 atom stereocenters. The summed E-state index contributed by atoms with van der Waals surface area (Å²) in [5, 5.41) is 0.356. The molecular formula is C17H19ClN2O4. The average Bonchev–Trinajstić information content (AvgIpc) is 2.61. The van der Waals surface area contributed by atoms with Gasteiger partial charge in [0.05, 0.1) is 19.2 Å². The Balaban J connectivity index is 2.01. The van der Waals surface area contributed by atoms with Gasteiger partial charge in [-0.3, -0.25) is 0 Å². The van der Waals surface area contributed by atoms with Crippen molar-refractivity contribution in [3.8, 4) is 11.5 Å². The van der Waals surface area contributed by atoms with Crippen molar-refractivity contribution in [3.05, 3.63) is 53.1 Å². The van der Waals surface area contributed by atoms with Crippen LogP contribution in [-0.4, -0.2) is 26.8 Å². The first kappa shape index (κ1) is 17.9. The summed E-state index contributed by atoms with van der Waals surface area (Å²) in [5.74, 6) is 0.262. The smallest absolute Gasteiger partial charge is 0.343 e. The second kappa shape index (κ2) is 9.00. The number of methoxy groups -OCH3 is 2. The summed E-state index contributed by atoms with van der Waals surface area (Å²) in [7, 11) is 2.80. The van der Waals surface area contributed by atoms with Crippen molar-refractivity contribution >= 4 is 23.3 Å². The molecule has 2 N–H and O–H groups in total. The molecular weight excluding hydrogens is 332 g/mol. The van der Waals surface area contributed by atoms with E-state index in [1.54, 1.807) is 12.1 Å². The van der Waals surface area contributed by atoms with Crippen molar-refractivity contribution < 1.29 is 19.0 Å². The summed E-state index contributed by atoms with van der Waals surface area (Å²) in [5.41, 5.74) is 8.03. The first-order chi connectivity index (χ1) is 11.6. The molecule has 128 valence electrons. The fourth-order valence-corrected chi connectivity index (χ4v) is 2.26. The van der Waals surface area contributed by atoms with Crippen LogP contribution in [0.15, 0.2) is 42.5 Å². The molecule has 0 aliphatic rings. The minimum Gasteiger partial charge on any atom is -0.493 e. The van der Waals surface area contributed by atoms with Crippen molar-refractivity contribution in [1.29, 1.82) is 0 Å². The van der Waals surface area contributed by atoms with E-state index in [2.05, 4.69) is 15.6 Å². The molecule has 2 aromatic carbocycles. The van der Waals surface area contributed by atoms with Gasteiger partial charge in [0.15, 0.2) is 18.1 Å². The number of halogens is 1. The Morgan fingerprint density at radius 2 is 1.92 bits per heavy atom. The van der Waals surface area contributed by atoms with Gasteiger partial charge in [0.25, 0.3) is 0 Å². The second-order valence-electron chi connectivity index (χ2n) is 4.82. The number of carbonyl (C=O) groups is 1. The molecule has 2 rings (SSSR count). The third-order valence-corrected chi connectivity index (χ3v) is 3.43. The molecule has 0 radical (unpaired) electrons. The molecule has 2 aromatic rings. The van der Waals surface area contributed by atoms with Crippen LogP contribution >= 0.6 is 11.6 Å². The van der Waals surface area contributed by atoms with Crippen molar-refractivity contribution in [2.75, 3.05) is 26.3 Å². The van der Waals surface area contributed by atoms with Crippen LogP contribution < -0.4 is 20.3 Å². The largest absolute Gasteiger partial charge is 0.493 e. The first-order valence-electron chi connectivity index (χ1n) is 7.24. The molecule has 0 aliphatic carbocycles. The summed E-state index contributed by atoms with van der Waals surface area (Å²) in [4.78, 5) is 11.2. The Morgan fingerprint density at radius 1 is 1.17 bits per heavy atom. The van der Waals surface area contributed by atoms with Crippen molar-refractivity contribution in [1.82, 2.24) is 5.43 Å². The van der Waals surface area contributed by atoms with Crippen LogP contribution in [0.1, 0.15) is 5.56 Å². The number of hydrogen-bond donors (Lipinski definition) is 2. The van der Waals surface area contributed by atoms with E-state index in [1.165, 1.54) is 14.2 Å². The Labute approximate surface area is 145 Å². The van der Waals surface area contributed by atoms with Gasteiger partial charge in [-0.2, -0.15) is 0 Å². The van der Waals surface area contributed by atoms with Crippen LogP contribution in [0.2, 0.25) is 5.02 Å². The van der Waals surface area contributed by atoms with Gasteiger partial charge in [0.2, 0.25) is 0 Å². The average molecular weight is 351 g/mol. The maximum Gasteiger partial charge on any atom is 0.343 e. The zero-order chi connectivity index (χ0) is 17.4. The number of hydrogen-bond acceptors (Lipinski definition) is 6. The second-order valence-corrected chi connectivity index (χ2v) is 5.23. The predicted octanol–water partition coefficient (Wildman–Crippen LogP) is 3.02. The quantitative estimate of drug-likeness (QED) is 0.563. The third kappa shape index (κ3) is 5.04. The Morgan fingerprint density at radius 3 is 2.58 bits per heavy atom. The lowest BCUT2D eigenvalue weighted by atomic mass is 10.2. The minimum absolute atomic E-state index is 0.236. The van der Waals surface area contributed by atoms with Gasteiger partial charge in [0, 0.05) is 12.2 Å². The number of ether oxygens (including phenoxy) is 3. The molecule has 0 unspecified atom stereocenters. The first-order valence-corrected chi connectivity index (χ1v) is 7.61. The Bertz CT molecular complexity index is 680. The summed E-state index contributed by atoms with van der Waals surface area (Å²) < 4.78 is 15.2. The molecule has 0 amide bonds. The molecule has 7 heteroatoms. The Hall–Kier alpha value is -2.44. The highest BCUT2D eigenvalue weighted by atomic mass is 35.5. The number of benzene rings is 2. The van der Waals surface area contributed by atoms with Crippen LogP contribution in [0.3, 0.4) is 0 Å². The van der Waals surface area contributed by atoms with E-state index in [9.17, 15) is 4.79 Å². The van der Waals surface area contributed by atoms with E-state index in [0.29, 0.717) is 23.1 Å². The molecule has 0 spiro atoms. The normalized spacial score (nSPS) is 10.1. The number of anilines is 1. The molecule has 0 aliphatic heterocycles. The monoisotopic (exact) mass is 350 g/mol. The van der Waals surface area contributed by atoms with Gasteiger partial charge in [0.1, 0.15) is 0 Å². The van der Waals surface area contributed by atoms with Crippen LogP contribution in [0, 0.1) is 0 Å². The number of carbonyl (C=O) groups excluding carboxylic acids is 1. The number of esters is 1. The topological polar surface area (TPSA) is 68.8 Å². The standard InChI is InChI=1S/C17H19ClN2O4/c1-22-15-9-12(10-19-20-13-6-4-3-5-7-13)8-14(18)17(15)24-11-16(21)23-2/h3-9,19-20H,10-11H2,1-2H3. The fraction of sp³-hybridized carbons (Fsp3) is 0.235. The zero-order valence-corrected chi connectivity index (χ0v) is 14.2. The Kier molecular flexibility index (Phi) is 6.72. The number of para-hydroxylation sites is 1. The maximum atomic E-state index is 11.2. The van der Waals surface area contributed by atoms with Gasteiger partial charge in [-0.1, -0.05) is 29.8 Å². The molecule has 0 fully saturated rings. The zero-order valence-electron chi connectivity index (χ0n) is 13.5. The van der Waals surface area contributed by atoms with E-state index >= 15 is 0 Å². The van der Waals surface area contributed by atoms with E-state index in [1.807, 2.05) is 30.3 Å². The SMILES string of the molecule is COC(=O)COc1c(Cl)cc(CNNc2ccccc2)cc1OC. The van der Waals surface area contributed by atoms with E-state index < -0.39 is 5.97 Å².